The molecular formula is C18H19N3O2S. The summed E-state index contributed by atoms with van der Waals surface area (Å²) < 4.78 is 5.42. The molecule has 3 rings (SSSR count). The summed E-state index contributed by atoms with van der Waals surface area (Å²) in [5.41, 5.74) is 2.33. The topological polar surface area (TPSA) is 58.4 Å². The summed E-state index contributed by atoms with van der Waals surface area (Å²) in [5, 5.41) is 7.11. The highest BCUT2D eigenvalue weighted by Gasteiger charge is 2.21. The van der Waals surface area contributed by atoms with Crippen molar-refractivity contribution in [2.45, 2.75) is 6.04 Å². The van der Waals surface area contributed by atoms with E-state index < -0.39 is 0 Å². The van der Waals surface area contributed by atoms with Crippen LogP contribution in [0.4, 0.5) is 0 Å². The number of hydrogen-bond donors (Lipinski definition) is 1. The predicted octanol–water partition coefficient (Wildman–Crippen LogP) is 3.44. The van der Waals surface area contributed by atoms with Crippen LogP contribution in [0, 0.1) is 0 Å². The second-order valence-corrected chi connectivity index (χ2v) is 6.42. The number of nitrogens with one attached hydrogen (secondary N) is 1. The third-order valence-electron chi connectivity index (χ3n) is 3.83. The summed E-state index contributed by atoms with van der Waals surface area (Å²) in [4.78, 5) is 18.7. The van der Waals surface area contributed by atoms with Gasteiger partial charge in [0.2, 0.25) is 0 Å². The molecule has 0 aliphatic carbocycles. The van der Waals surface area contributed by atoms with Gasteiger partial charge in [0, 0.05) is 12.1 Å². The first-order chi connectivity index (χ1) is 11.7. The molecule has 0 fully saturated rings. The van der Waals surface area contributed by atoms with Gasteiger partial charge in [0.15, 0.2) is 17.8 Å². The van der Waals surface area contributed by atoms with Gasteiger partial charge in [-0.2, -0.15) is 11.3 Å². The normalized spacial score (nSPS) is 12.3. The number of carbonyl (C=O) groups excluding carboxylic acids is 1. The molecule has 1 amide bonds. The minimum Gasteiger partial charge on any atom is -0.443 e. The average Bonchev–Trinajstić information content (AvgIpc) is 3.27. The van der Waals surface area contributed by atoms with Gasteiger partial charge in [0.1, 0.15) is 0 Å². The Morgan fingerprint density at radius 2 is 2.08 bits per heavy atom. The number of rotatable bonds is 6. The Morgan fingerprint density at radius 3 is 2.75 bits per heavy atom. The molecule has 0 saturated carbocycles. The molecule has 1 N–H and O–H groups in total. The van der Waals surface area contributed by atoms with Crippen LogP contribution in [0.25, 0.3) is 11.3 Å². The summed E-state index contributed by atoms with van der Waals surface area (Å²) in [7, 11) is 4.00. The fraction of sp³-hybridized carbons (Fsp3) is 0.222. The van der Waals surface area contributed by atoms with E-state index in [0.717, 1.165) is 5.56 Å². The van der Waals surface area contributed by atoms with Gasteiger partial charge in [-0.1, -0.05) is 30.3 Å². The summed E-state index contributed by atoms with van der Waals surface area (Å²) in [5.74, 6) is 0.259. The van der Waals surface area contributed by atoms with Crippen LogP contribution < -0.4 is 5.32 Å². The largest absolute Gasteiger partial charge is 0.443 e. The molecule has 6 heteroatoms. The Bertz CT molecular complexity index is 782. The van der Waals surface area contributed by atoms with Crippen molar-refractivity contribution in [2.75, 3.05) is 20.6 Å². The smallest absolute Gasteiger partial charge is 0.273 e. The van der Waals surface area contributed by atoms with Crippen molar-refractivity contribution in [1.29, 1.82) is 0 Å². The zero-order valence-electron chi connectivity index (χ0n) is 13.6. The van der Waals surface area contributed by atoms with Gasteiger partial charge >= 0.3 is 0 Å². The highest BCUT2D eigenvalue weighted by molar-refractivity contribution is 7.07. The Balaban J connectivity index is 1.73. The monoisotopic (exact) mass is 341 g/mol. The van der Waals surface area contributed by atoms with E-state index in [1.165, 1.54) is 12.0 Å². The Labute approximate surface area is 144 Å². The Morgan fingerprint density at radius 1 is 1.29 bits per heavy atom. The van der Waals surface area contributed by atoms with Gasteiger partial charge in [-0.05, 0) is 36.5 Å². The Kier molecular flexibility index (Phi) is 5.08. The standard InChI is InChI=1S/C18H19N3O2S/c1-21(2)15(14-8-9-24-11-14)10-19-18(22)16-17(23-12-20-16)13-6-4-3-5-7-13/h3-9,11-12,15H,10H2,1-2H3,(H,19,22)/t15-/m1/s1. The lowest BCUT2D eigenvalue weighted by Crippen LogP contribution is -2.34. The number of aromatic nitrogens is 1. The maximum atomic E-state index is 12.5. The molecule has 0 saturated heterocycles. The molecule has 3 aromatic rings. The first-order valence-corrected chi connectivity index (χ1v) is 8.56. The van der Waals surface area contributed by atoms with Gasteiger partial charge in [-0.3, -0.25) is 4.79 Å². The number of nitrogens with zero attached hydrogens (tertiary/aromatic N) is 2. The van der Waals surface area contributed by atoms with Crippen molar-refractivity contribution >= 4 is 17.2 Å². The third kappa shape index (κ3) is 3.55. The van der Waals surface area contributed by atoms with Gasteiger partial charge in [0.25, 0.3) is 5.91 Å². The summed E-state index contributed by atoms with van der Waals surface area (Å²) in [6.45, 7) is 0.504. The van der Waals surface area contributed by atoms with Crippen molar-refractivity contribution < 1.29 is 9.21 Å². The quantitative estimate of drug-likeness (QED) is 0.746. The number of benzene rings is 1. The van der Waals surface area contributed by atoms with Crippen LogP contribution >= 0.6 is 11.3 Å². The molecule has 24 heavy (non-hydrogen) atoms. The van der Waals surface area contributed by atoms with E-state index in [9.17, 15) is 4.79 Å². The van der Waals surface area contributed by atoms with E-state index in [1.54, 1.807) is 11.3 Å². The zero-order chi connectivity index (χ0) is 16.9. The highest BCUT2D eigenvalue weighted by atomic mass is 32.1. The van der Waals surface area contributed by atoms with Crippen molar-refractivity contribution in [2.24, 2.45) is 0 Å². The fourth-order valence-electron chi connectivity index (χ4n) is 2.54. The van der Waals surface area contributed by atoms with Gasteiger partial charge < -0.3 is 14.6 Å². The molecule has 2 aromatic heterocycles. The molecule has 5 nitrogen and oxygen atoms in total. The fourth-order valence-corrected chi connectivity index (χ4v) is 3.25. The van der Waals surface area contributed by atoms with E-state index in [2.05, 4.69) is 26.6 Å². The molecule has 0 aliphatic heterocycles. The summed E-state index contributed by atoms with van der Waals surface area (Å²) in [6, 6.07) is 11.7. The molecule has 0 spiro atoms. The first-order valence-electron chi connectivity index (χ1n) is 7.62. The van der Waals surface area contributed by atoms with Crippen LogP contribution in [0.15, 0.2) is 58.0 Å². The second-order valence-electron chi connectivity index (χ2n) is 5.64. The number of amides is 1. The maximum Gasteiger partial charge on any atom is 0.273 e. The molecule has 0 unspecified atom stereocenters. The lowest BCUT2D eigenvalue weighted by molar-refractivity contribution is 0.0938. The van der Waals surface area contributed by atoms with Crippen molar-refractivity contribution in [3.8, 4) is 11.3 Å². The Hall–Kier alpha value is -2.44. The third-order valence-corrected chi connectivity index (χ3v) is 4.53. The zero-order valence-corrected chi connectivity index (χ0v) is 14.4. The van der Waals surface area contributed by atoms with Crippen LogP contribution in [-0.4, -0.2) is 36.4 Å². The van der Waals surface area contributed by atoms with Gasteiger partial charge in [-0.15, -0.1) is 0 Å². The molecular weight excluding hydrogens is 322 g/mol. The molecule has 2 heterocycles. The van der Waals surface area contributed by atoms with Gasteiger partial charge in [0.05, 0.1) is 6.04 Å². The number of hydrogen-bond acceptors (Lipinski definition) is 5. The van der Waals surface area contributed by atoms with Crippen LogP contribution in [0.2, 0.25) is 0 Å². The SMILES string of the molecule is CN(C)[C@H](CNC(=O)c1ncoc1-c1ccccc1)c1ccsc1. The van der Waals surface area contributed by atoms with Crippen LogP contribution in [0.3, 0.4) is 0 Å². The van der Waals surface area contributed by atoms with E-state index in [-0.39, 0.29) is 11.9 Å². The maximum absolute atomic E-state index is 12.5. The van der Waals surface area contributed by atoms with Crippen molar-refractivity contribution in [3.05, 3.63) is 64.8 Å². The minimum absolute atomic E-state index is 0.118. The van der Waals surface area contributed by atoms with Crippen LogP contribution in [-0.2, 0) is 0 Å². The van der Waals surface area contributed by atoms with E-state index in [0.29, 0.717) is 18.0 Å². The number of thiophene rings is 1. The average molecular weight is 341 g/mol. The van der Waals surface area contributed by atoms with E-state index in [1.807, 2.05) is 49.8 Å². The molecule has 0 aliphatic rings. The highest BCUT2D eigenvalue weighted by Crippen LogP contribution is 2.23. The van der Waals surface area contributed by atoms with E-state index in [4.69, 9.17) is 4.42 Å². The predicted molar refractivity (Wildman–Crippen MR) is 95.0 cm³/mol. The molecule has 0 bridgehead atoms. The molecule has 0 radical (unpaired) electrons. The van der Waals surface area contributed by atoms with E-state index >= 15 is 0 Å². The second kappa shape index (κ2) is 7.42. The minimum atomic E-state index is -0.232. The lowest BCUT2D eigenvalue weighted by atomic mass is 10.1. The molecule has 1 aromatic carbocycles. The van der Waals surface area contributed by atoms with Crippen molar-refractivity contribution in [3.63, 3.8) is 0 Å². The summed E-state index contributed by atoms with van der Waals surface area (Å²) in [6.07, 6.45) is 1.31. The molecule has 1 atom stereocenters. The first kappa shape index (κ1) is 16.4. The molecule has 124 valence electrons. The number of likely N-dealkylation sites (N-methyl/N-ethyl adjacent to an activating group) is 1. The number of carbonyl (C=O) groups is 1. The number of oxazole rings is 1. The van der Waals surface area contributed by atoms with Crippen LogP contribution in [0.1, 0.15) is 22.1 Å². The van der Waals surface area contributed by atoms with Gasteiger partial charge in [-0.25, -0.2) is 4.98 Å². The van der Waals surface area contributed by atoms with Crippen molar-refractivity contribution in [1.82, 2.24) is 15.2 Å². The summed E-state index contributed by atoms with van der Waals surface area (Å²) >= 11 is 1.65. The lowest BCUT2D eigenvalue weighted by Gasteiger charge is -2.23. The van der Waals surface area contributed by atoms with Crippen LogP contribution in [0.5, 0.6) is 0 Å².